The zero-order valence-electron chi connectivity index (χ0n) is 12.2. The number of nitrogens with zero attached hydrogens (tertiary/aromatic N) is 1. The summed E-state index contributed by atoms with van der Waals surface area (Å²) in [6, 6.07) is 1.39. The van der Waals surface area contributed by atoms with Gasteiger partial charge in [-0.15, -0.1) is 0 Å². The van der Waals surface area contributed by atoms with E-state index in [0.717, 1.165) is 12.8 Å². The summed E-state index contributed by atoms with van der Waals surface area (Å²) in [6.07, 6.45) is 3.61. The maximum absolute atomic E-state index is 12.3. The highest BCUT2D eigenvalue weighted by Gasteiger charge is 2.30. The molecule has 21 heavy (non-hydrogen) atoms. The van der Waals surface area contributed by atoms with Crippen LogP contribution in [0.15, 0.2) is 17.2 Å². The van der Waals surface area contributed by atoms with Crippen LogP contribution in [0.1, 0.15) is 30.3 Å². The molecular formula is C13H21N3O4S. The largest absolute Gasteiger partial charge is 0.383 e. The highest BCUT2D eigenvalue weighted by atomic mass is 32.2. The lowest BCUT2D eigenvalue weighted by atomic mass is 10.2. The summed E-state index contributed by atoms with van der Waals surface area (Å²) < 4.78 is 29.4. The Hall–Kier alpha value is -1.38. The molecule has 7 nitrogen and oxygen atoms in total. The maximum Gasteiger partial charge on any atom is 0.268 e. The number of carbonyl (C=O) groups is 1. The van der Waals surface area contributed by atoms with Crippen LogP contribution in [0.5, 0.6) is 0 Å². The van der Waals surface area contributed by atoms with E-state index >= 15 is 0 Å². The minimum atomic E-state index is -3.84. The average molecular weight is 315 g/mol. The number of aromatic nitrogens is 1. The number of carbonyl (C=O) groups excluding carboxylic acids is 1. The van der Waals surface area contributed by atoms with E-state index in [0.29, 0.717) is 19.1 Å². The van der Waals surface area contributed by atoms with Gasteiger partial charge in [0.25, 0.3) is 5.91 Å². The van der Waals surface area contributed by atoms with Gasteiger partial charge in [-0.05, 0) is 31.7 Å². The van der Waals surface area contributed by atoms with Crippen LogP contribution < -0.4 is 10.5 Å². The molecule has 1 fully saturated rings. The van der Waals surface area contributed by atoms with E-state index in [-0.39, 0.29) is 22.5 Å². The fourth-order valence-corrected chi connectivity index (χ4v) is 2.75. The van der Waals surface area contributed by atoms with Gasteiger partial charge in [0.05, 0.1) is 6.61 Å². The molecule has 0 radical (unpaired) electrons. The molecule has 1 heterocycles. The summed E-state index contributed by atoms with van der Waals surface area (Å²) in [7, 11) is -2.30. The second kappa shape index (κ2) is 6.17. The lowest BCUT2D eigenvalue weighted by Crippen LogP contribution is -2.35. The predicted molar refractivity (Wildman–Crippen MR) is 77.3 cm³/mol. The van der Waals surface area contributed by atoms with Crippen LogP contribution in [0.25, 0.3) is 0 Å². The van der Waals surface area contributed by atoms with Gasteiger partial charge in [-0.2, -0.15) is 0 Å². The molecule has 1 atom stereocenters. The van der Waals surface area contributed by atoms with E-state index in [1.807, 2.05) is 6.92 Å². The Morgan fingerprint density at radius 1 is 1.57 bits per heavy atom. The third-order valence-electron chi connectivity index (χ3n) is 3.66. The number of hydrogen-bond donors (Lipinski definition) is 2. The first-order valence-electron chi connectivity index (χ1n) is 6.85. The Morgan fingerprint density at radius 2 is 2.24 bits per heavy atom. The molecule has 1 amide bonds. The number of nitrogens with two attached hydrogens (primary N) is 1. The number of hydrogen-bond acceptors (Lipinski definition) is 4. The van der Waals surface area contributed by atoms with Crippen molar-refractivity contribution in [3.63, 3.8) is 0 Å². The zero-order chi connectivity index (χ0) is 15.6. The van der Waals surface area contributed by atoms with Gasteiger partial charge in [0.15, 0.2) is 0 Å². The first kappa shape index (κ1) is 16.0. The summed E-state index contributed by atoms with van der Waals surface area (Å²) in [5.74, 6) is 0.231. The van der Waals surface area contributed by atoms with E-state index in [4.69, 9.17) is 9.88 Å². The Bertz CT molecular complexity index is 619. The van der Waals surface area contributed by atoms with Gasteiger partial charge in [-0.3, -0.25) is 4.79 Å². The topological polar surface area (TPSA) is 103 Å². The third kappa shape index (κ3) is 4.05. The highest BCUT2D eigenvalue weighted by molar-refractivity contribution is 7.89. The monoisotopic (exact) mass is 315 g/mol. The molecule has 2 rings (SSSR count). The number of ether oxygens (including phenoxy) is 1. The quantitative estimate of drug-likeness (QED) is 0.755. The van der Waals surface area contributed by atoms with E-state index in [2.05, 4.69) is 5.32 Å². The van der Waals surface area contributed by atoms with Crippen LogP contribution in [0.3, 0.4) is 0 Å². The molecule has 1 aromatic rings. The molecule has 0 saturated heterocycles. The van der Waals surface area contributed by atoms with Gasteiger partial charge < -0.3 is 14.6 Å². The third-order valence-corrected chi connectivity index (χ3v) is 4.54. The van der Waals surface area contributed by atoms with Crippen molar-refractivity contribution in [1.82, 2.24) is 9.88 Å². The summed E-state index contributed by atoms with van der Waals surface area (Å²) >= 11 is 0. The van der Waals surface area contributed by atoms with Gasteiger partial charge in [0.1, 0.15) is 10.6 Å². The molecular weight excluding hydrogens is 294 g/mol. The highest BCUT2D eigenvalue weighted by Crippen LogP contribution is 2.32. The van der Waals surface area contributed by atoms with Crippen molar-refractivity contribution >= 4 is 15.9 Å². The molecule has 0 spiro atoms. The lowest BCUT2D eigenvalue weighted by Gasteiger charge is -2.14. The van der Waals surface area contributed by atoms with Gasteiger partial charge in [-0.25, -0.2) is 13.6 Å². The summed E-state index contributed by atoms with van der Waals surface area (Å²) in [5, 5.41) is 8.03. The van der Waals surface area contributed by atoms with E-state index < -0.39 is 10.0 Å². The molecule has 118 valence electrons. The summed E-state index contributed by atoms with van der Waals surface area (Å²) in [4.78, 5) is 12.2. The molecule has 3 N–H and O–H groups in total. The average Bonchev–Trinajstić information content (AvgIpc) is 3.14. The number of primary sulfonamides is 1. The minimum Gasteiger partial charge on any atom is -0.383 e. The van der Waals surface area contributed by atoms with Crippen LogP contribution in [0, 0.1) is 5.92 Å². The summed E-state index contributed by atoms with van der Waals surface area (Å²) in [6.45, 7) is 2.71. The van der Waals surface area contributed by atoms with E-state index in [1.54, 1.807) is 11.7 Å². The molecule has 1 aromatic heterocycles. The van der Waals surface area contributed by atoms with Crippen LogP contribution in [-0.2, 0) is 21.3 Å². The van der Waals surface area contributed by atoms with Crippen molar-refractivity contribution in [3.8, 4) is 0 Å². The zero-order valence-corrected chi connectivity index (χ0v) is 13.0. The molecule has 8 heteroatoms. The number of nitrogens with one attached hydrogen (secondary N) is 1. The predicted octanol–water partition coefficient (Wildman–Crippen LogP) is 0.310. The Labute approximate surface area is 124 Å². The minimum absolute atomic E-state index is 0.0668. The van der Waals surface area contributed by atoms with Crippen molar-refractivity contribution in [1.29, 1.82) is 0 Å². The van der Waals surface area contributed by atoms with Crippen molar-refractivity contribution in [2.75, 3.05) is 13.7 Å². The molecule has 1 unspecified atom stereocenters. The van der Waals surface area contributed by atoms with Crippen molar-refractivity contribution < 1.29 is 17.9 Å². The second-order valence-corrected chi connectivity index (χ2v) is 6.95. The molecule has 0 aromatic carbocycles. The Kier molecular flexibility index (Phi) is 4.70. The normalized spacial score (nSPS) is 16.7. The van der Waals surface area contributed by atoms with E-state index in [1.165, 1.54) is 12.3 Å². The first-order valence-corrected chi connectivity index (χ1v) is 8.40. The van der Waals surface area contributed by atoms with E-state index in [9.17, 15) is 13.2 Å². The number of rotatable bonds is 7. The van der Waals surface area contributed by atoms with Gasteiger partial charge >= 0.3 is 0 Å². The molecule has 0 bridgehead atoms. The van der Waals surface area contributed by atoms with Gasteiger partial charge in [0, 0.05) is 25.9 Å². The van der Waals surface area contributed by atoms with Crippen LogP contribution in [0.4, 0.5) is 0 Å². The van der Waals surface area contributed by atoms with Crippen LogP contribution in [-0.4, -0.2) is 38.7 Å². The SMILES string of the molecule is COCCn1cc(S(N)(=O)=O)cc1C(=O)NC(C)C1CC1. The molecule has 1 aliphatic rings. The van der Waals surface area contributed by atoms with Gasteiger partial charge in [0.2, 0.25) is 10.0 Å². The Morgan fingerprint density at radius 3 is 2.76 bits per heavy atom. The second-order valence-electron chi connectivity index (χ2n) is 5.39. The fraction of sp³-hybridized carbons (Fsp3) is 0.615. The first-order chi connectivity index (χ1) is 9.82. The van der Waals surface area contributed by atoms with Crippen molar-refractivity contribution in [3.05, 3.63) is 18.0 Å². The van der Waals surface area contributed by atoms with Crippen LogP contribution in [0.2, 0.25) is 0 Å². The fourth-order valence-electron chi connectivity index (χ4n) is 2.20. The lowest BCUT2D eigenvalue weighted by molar-refractivity contribution is 0.0923. The standard InChI is InChI=1S/C13H21N3O4S/c1-9(10-3-4-10)15-13(17)12-7-11(21(14,18)19)8-16(12)5-6-20-2/h7-10H,3-6H2,1-2H3,(H,15,17)(H2,14,18,19). The number of methoxy groups -OCH3 is 1. The number of sulfonamides is 1. The van der Waals surface area contributed by atoms with Crippen molar-refractivity contribution in [2.24, 2.45) is 11.1 Å². The van der Waals surface area contributed by atoms with Gasteiger partial charge in [-0.1, -0.05) is 0 Å². The molecule has 1 saturated carbocycles. The number of amides is 1. The smallest absolute Gasteiger partial charge is 0.268 e. The van der Waals surface area contributed by atoms with Crippen molar-refractivity contribution in [2.45, 2.75) is 37.2 Å². The Balaban J connectivity index is 2.22. The van der Waals surface area contributed by atoms with Crippen LogP contribution >= 0.6 is 0 Å². The molecule has 1 aliphatic carbocycles. The maximum atomic E-state index is 12.3. The molecule has 0 aliphatic heterocycles. The summed E-state index contributed by atoms with van der Waals surface area (Å²) in [5.41, 5.74) is 0.281.